The molecule has 0 bridgehead atoms. The molecule has 0 aliphatic heterocycles. The third-order valence-corrected chi connectivity index (χ3v) is 2.91. The quantitative estimate of drug-likeness (QED) is 0.787. The highest BCUT2D eigenvalue weighted by Gasteiger charge is 2.27. The van der Waals surface area contributed by atoms with E-state index >= 15 is 0 Å². The van der Waals surface area contributed by atoms with Gasteiger partial charge >= 0.3 is 12.2 Å². The number of benzene rings is 1. The van der Waals surface area contributed by atoms with E-state index in [0.29, 0.717) is 5.69 Å². The standard InChI is InChI=1S/C11H10Cl2F3N3O2/c12-6-2-1-3-7(9(6)13)17-4-8(20)19-10(21)18-5-11(14,15)16/h1-3,17H,4-5H2,(H2,18,19,20,21). The van der Waals surface area contributed by atoms with Gasteiger partial charge in [-0.2, -0.15) is 13.2 Å². The Bertz CT molecular complexity index is 538. The zero-order valence-electron chi connectivity index (χ0n) is 10.4. The van der Waals surface area contributed by atoms with Gasteiger partial charge in [0.2, 0.25) is 5.91 Å². The molecule has 0 aromatic heterocycles. The predicted octanol–water partition coefficient (Wildman–Crippen LogP) is 2.79. The van der Waals surface area contributed by atoms with Crippen LogP contribution in [0.25, 0.3) is 0 Å². The fourth-order valence-corrected chi connectivity index (χ4v) is 1.58. The van der Waals surface area contributed by atoms with Gasteiger partial charge in [0.1, 0.15) is 6.54 Å². The van der Waals surface area contributed by atoms with E-state index in [9.17, 15) is 22.8 Å². The smallest absolute Gasteiger partial charge is 0.375 e. The first kappa shape index (κ1) is 17.4. The number of amides is 3. The summed E-state index contributed by atoms with van der Waals surface area (Å²) < 4.78 is 35.5. The van der Waals surface area contributed by atoms with Gasteiger partial charge in [0.05, 0.1) is 22.3 Å². The van der Waals surface area contributed by atoms with Crippen molar-refractivity contribution >= 4 is 40.8 Å². The minimum atomic E-state index is -4.55. The molecule has 21 heavy (non-hydrogen) atoms. The molecule has 116 valence electrons. The van der Waals surface area contributed by atoms with Crippen molar-refractivity contribution in [1.82, 2.24) is 10.6 Å². The van der Waals surface area contributed by atoms with Gasteiger partial charge in [-0.15, -0.1) is 0 Å². The minimum absolute atomic E-state index is 0.188. The molecule has 0 aliphatic carbocycles. The summed E-state index contributed by atoms with van der Waals surface area (Å²) in [4.78, 5) is 22.4. The van der Waals surface area contributed by atoms with Crippen LogP contribution in [-0.4, -0.2) is 31.2 Å². The number of carbonyl (C=O) groups is 2. The maximum atomic E-state index is 11.8. The van der Waals surface area contributed by atoms with Crippen LogP contribution in [0, 0.1) is 0 Å². The lowest BCUT2D eigenvalue weighted by Crippen LogP contribution is -2.45. The van der Waals surface area contributed by atoms with E-state index in [2.05, 4.69) is 5.32 Å². The molecule has 0 unspecified atom stereocenters. The van der Waals surface area contributed by atoms with E-state index in [1.54, 1.807) is 23.5 Å². The summed E-state index contributed by atoms with van der Waals surface area (Å²) in [5, 5.41) is 6.29. The summed E-state index contributed by atoms with van der Waals surface area (Å²) in [5.74, 6) is -0.828. The molecule has 1 aromatic rings. The van der Waals surface area contributed by atoms with E-state index in [-0.39, 0.29) is 16.6 Å². The molecule has 0 saturated carbocycles. The number of urea groups is 1. The lowest BCUT2D eigenvalue weighted by molar-refractivity contribution is -0.124. The van der Waals surface area contributed by atoms with Crippen LogP contribution >= 0.6 is 23.2 Å². The second kappa shape index (κ2) is 7.37. The van der Waals surface area contributed by atoms with Crippen molar-refractivity contribution in [1.29, 1.82) is 0 Å². The molecule has 5 nitrogen and oxygen atoms in total. The summed E-state index contributed by atoms with van der Waals surface area (Å²) in [6, 6.07) is 3.44. The third kappa shape index (κ3) is 6.54. The Hall–Kier alpha value is -1.67. The molecule has 1 rings (SSSR count). The van der Waals surface area contributed by atoms with Crippen molar-refractivity contribution in [2.75, 3.05) is 18.4 Å². The molecule has 0 fully saturated rings. The number of halogens is 5. The Kier molecular flexibility index (Phi) is 6.10. The minimum Gasteiger partial charge on any atom is -0.375 e. The fourth-order valence-electron chi connectivity index (χ4n) is 1.21. The number of alkyl halides is 3. The van der Waals surface area contributed by atoms with Crippen LogP contribution in [0.4, 0.5) is 23.7 Å². The highest BCUT2D eigenvalue weighted by molar-refractivity contribution is 6.43. The zero-order chi connectivity index (χ0) is 16.0. The summed E-state index contributed by atoms with van der Waals surface area (Å²) in [6.45, 7) is -1.89. The number of hydrogen-bond acceptors (Lipinski definition) is 3. The topological polar surface area (TPSA) is 70.2 Å². The molecule has 3 amide bonds. The molecule has 0 radical (unpaired) electrons. The maximum absolute atomic E-state index is 11.8. The van der Waals surface area contributed by atoms with Gasteiger partial charge < -0.3 is 10.6 Å². The number of rotatable bonds is 4. The van der Waals surface area contributed by atoms with Gasteiger partial charge in [-0.1, -0.05) is 29.3 Å². The molecular weight excluding hydrogens is 334 g/mol. The SMILES string of the molecule is O=C(CNc1cccc(Cl)c1Cl)NC(=O)NCC(F)(F)F. The summed E-state index contributed by atoms with van der Waals surface area (Å²) in [7, 11) is 0. The first-order chi connectivity index (χ1) is 9.69. The Labute approximate surface area is 127 Å². The predicted molar refractivity (Wildman–Crippen MR) is 72.5 cm³/mol. The monoisotopic (exact) mass is 343 g/mol. The number of nitrogens with one attached hydrogen (secondary N) is 3. The van der Waals surface area contributed by atoms with Crippen molar-refractivity contribution in [2.24, 2.45) is 0 Å². The number of imide groups is 1. The number of hydrogen-bond donors (Lipinski definition) is 3. The van der Waals surface area contributed by atoms with Crippen molar-refractivity contribution < 1.29 is 22.8 Å². The van der Waals surface area contributed by atoms with Crippen LogP contribution < -0.4 is 16.0 Å². The van der Waals surface area contributed by atoms with Crippen molar-refractivity contribution in [2.45, 2.75) is 6.18 Å². The fraction of sp³-hybridized carbons (Fsp3) is 0.273. The number of anilines is 1. The van der Waals surface area contributed by atoms with E-state index < -0.39 is 24.7 Å². The highest BCUT2D eigenvalue weighted by Crippen LogP contribution is 2.29. The zero-order valence-corrected chi connectivity index (χ0v) is 11.9. The van der Waals surface area contributed by atoms with Gasteiger partial charge in [0, 0.05) is 0 Å². The molecule has 0 spiro atoms. The molecule has 0 atom stereocenters. The third-order valence-electron chi connectivity index (χ3n) is 2.09. The average molecular weight is 344 g/mol. The van der Waals surface area contributed by atoms with Gasteiger partial charge in [0.25, 0.3) is 0 Å². The Morgan fingerprint density at radius 2 is 1.86 bits per heavy atom. The van der Waals surface area contributed by atoms with E-state index in [1.165, 1.54) is 5.32 Å². The first-order valence-electron chi connectivity index (χ1n) is 5.51. The van der Waals surface area contributed by atoms with Crippen molar-refractivity contribution in [3.63, 3.8) is 0 Å². The van der Waals surface area contributed by atoms with Crippen LogP contribution in [0.5, 0.6) is 0 Å². The second-order valence-corrected chi connectivity index (χ2v) is 4.59. The molecule has 0 heterocycles. The van der Waals surface area contributed by atoms with E-state index in [0.717, 1.165) is 0 Å². The Morgan fingerprint density at radius 1 is 1.19 bits per heavy atom. The normalized spacial score (nSPS) is 10.9. The van der Waals surface area contributed by atoms with Crippen molar-refractivity contribution in [3.8, 4) is 0 Å². The van der Waals surface area contributed by atoms with Gasteiger partial charge in [0.15, 0.2) is 0 Å². The van der Waals surface area contributed by atoms with E-state index in [4.69, 9.17) is 23.2 Å². The second-order valence-electron chi connectivity index (χ2n) is 3.80. The first-order valence-corrected chi connectivity index (χ1v) is 6.27. The summed E-state index contributed by atoms with van der Waals surface area (Å²) >= 11 is 11.6. The Morgan fingerprint density at radius 3 is 2.48 bits per heavy atom. The summed E-state index contributed by atoms with van der Waals surface area (Å²) in [5.41, 5.74) is 0.356. The average Bonchev–Trinajstić information content (AvgIpc) is 2.37. The van der Waals surface area contributed by atoms with Gasteiger partial charge in [-0.05, 0) is 12.1 Å². The lowest BCUT2D eigenvalue weighted by Gasteiger charge is -2.11. The van der Waals surface area contributed by atoms with Gasteiger partial charge in [-0.3, -0.25) is 10.1 Å². The van der Waals surface area contributed by atoms with Crippen LogP contribution in [0.3, 0.4) is 0 Å². The Balaban J connectivity index is 2.41. The molecule has 0 aliphatic rings. The molecule has 1 aromatic carbocycles. The molecular formula is C11H10Cl2F3N3O2. The largest absolute Gasteiger partial charge is 0.405 e. The molecule has 10 heteroatoms. The van der Waals surface area contributed by atoms with Crippen LogP contribution in [0.1, 0.15) is 0 Å². The molecule has 3 N–H and O–H groups in total. The summed E-state index contributed by atoms with van der Waals surface area (Å²) in [6.07, 6.45) is -4.55. The van der Waals surface area contributed by atoms with E-state index in [1.807, 2.05) is 0 Å². The van der Waals surface area contributed by atoms with Crippen LogP contribution in [0.15, 0.2) is 18.2 Å². The maximum Gasteiger partial charge on any atom is 0.405 e. The van der Waals surface area contributed by atoms with Crippen LogP contribution in [-0.2, 0) is 4.79 Å². The lowest BCUT2D eigenvalue weighted by atomic mass is 10.3. The number of carbonyl (C=O) groups excluding carboxylic acids is 2. The van der Waals surface area contributed by atoms with Gasteiger partial charge in [-0.25, -0.2) is 4.79 Å². The highest BCUT2D eigenvalue weighted by atomic mass is 35.5. The molecule has 0 saturated heterocycles. The van der Waals surface area contributed by atoms with Crippen molar-refractivity contribution in [3.05, 3.63) is 28.2 Å². The van der Waals surface area contributed by atoms with Crippen LogP contribution in [0.2, 0.25) is 10.0 Å².